The van der Waals surface area contributed by atoms with Crippen LogP contribution in [-0.2, 0) is 4.79 Å². The van der Waals surface area contributed by atoms with Gasteiger partial charge in [0.1, 0.15) is 11.4 Å². The molecule has 0 spiro atoms. The largest absolute Gasteiger partial charge is 0.495 e. The average Bonchev–Trinajstić information content (AvgIpc) is 3.01. The zero-order valence-electron chi connectivity index (χ0n) is 22.7. The van der Waals surface area contributed by atoms with Crippen LogP contribution < -0.4 is 25.2 Å². The van der Waals surface area contributed by atoms with E-state index in [2.05, 4.69) is 40.4 Å². The summed E-state index contributed by atoms with van der Waals surface area (Å²) in [5.74, 6) is 0.573. The summed E-state index contributed by atoms with van der Waals surface area (Å²) in [7, 11) is 5.17. The molecule has 0 bridgehead atoms. The Bertz CT molecular complexity index is 1210. The second kappa shape index (κ2) is 12.3. The summed E-state index contributed by atoms with van der Waals surface area (Å²) in [4.78, 5) is 39.8. The lowest BCUT2D eigenvalue weighted by Crippen LogP contribution is -2.45. The summed E-state index contributed by atoms with van der Waals surface area (Å²) in [6.07, 6.45) is 12.7. The van der Waals surface area contributed by atoms with Crippen molar-refractivity contribution in [3.8, 4) is 18.6 Å². The number of nitrogens with zero attached hydrogens (tertiary/aromatic N) is 5. The van der Waals surface area contributed by atoms with Gasteiger partial charge in [-0.3, -0.25) is 9.59 Å². The molecule has 1 saturated heterocycles. The van der Waals surface area contributed by atoms with Gasteiger partial charge in [0.15, 0.2) is 12.0 Å². The van der Waals surface area contributed by atoms with E-state index in [9.17, 15) is 14.0 Å². The molecule has 2 aliphatic heterocycles. The molecule has 1 saturated carbocycles. The SMILES string of the molecule is C#C.COc1cc(C(=O)NC2CCN(C)CC2)ccc1Nc1ncc2c(n1)N(C1CCC1)CC(F)C(=O)N2C. The molecule has 3 heterocycles. The van der Waals surface area contributed by atoms with Gasteiger partial charge in [0.05, 0.1) is 25.5 Å². The Morgan fingerprint density at radius 1 is 1.15 bits per heavy atom. The number of methoxy groups -OCH3 is 1. The van der Waals surface area contributed by atoms with Crippen LogP contribution in [0.25, 0.3) is 0 Å². The highest BCUT2D eigenvalue weighted by Crippen LogP contribution is 2.38. The highest BCUT2D eigenvalue weighted by atomic mass is 19.1. The first-order valence-corrected chi connectivity index (χ1v) is 13.2. The van der Waals surface area contributed by atoms with Crippen molar-refractivity contribution in [2.45, 2.75) is 50.4 Å². The second-order valence-corrected chi connectivity index (χ2v) is 10.1. The molecule has 1 aromatic carbocycles. The van der Waals surface area contributed by atoms with Crippen molar-refractivity contribution in [3.05, 3.63) is 30.0 Å². The maximum Gasteiger partial charge on any atom is 0.263 e. The first kappa shape index (κ1) is 28.1. The fourth-order valence-corrected chi connectivity index (χ4v) is 5.04. The summed E-state index contributed by atoms with van der Waals surface area (Å²) in [5.41, 5.74) is 1.58. The molecule has 39 heavy (non-hydrogen) atoms. The zero-order valence-corrected chi connectivity index (χ0v) is 22.7. The van der Waals surface area contributed by atoms with Crippen molar-refractivity contribution in [1.29, 1.82) is 0 Å². The number of likely N-dealkylation sites (tertiary alicyclic amines) is 1. The van der Waals surface area contributed by atoms with E-state index < -0.39 is 12.1 Å². The molecule has 2 N–H and O–H groups in total. The van der Waals surface area contributed by atoms with Gasteiger partial charge in [0.2, 0.25) is 5.95 Å². The van der Waals surface area contributed by atoms with Gasteiger partial charge in [-0.1, -0.05) is 0 Å². The monoisotopic (exact) mass is 537 g/mol. The molecule has 10 nitrogen and oxygen atoms in total. The third kappa shape index (κ3) is 6.06. The lowest BCUT2D eigenvalue weighted by molar-refractivity contribution is -0.122. The Kier molecular flexibility index (Phi) is 8.86. The normalized spacial score (nSPS) is 20.2. The third-order valence-electron chi connectivity index (χ3n) is 7.62. The number of halogens is 1. The Hall–Kier alpha value is -3.91. The number of amides is 2. The smallest absolute Gasteiger partial charge is 0.263 e. The number of terminal acetylenes is 1. The molecule has 1 atom stereocenters. The molecule has 11 heteroatoms. The molecule has 1 aromatic heterocycles. The molecular formula is C28H36FN7O3. The van der Waals surface area contributed by atoms with E-state index in [4.69, 9.17) is 9.72 Å². The van der Waals surface area contributed by atoms with Gasteiger partial charge in [0.25, 0.3) is 11.8 Å². The zero-order chi connectivity index (χ0) is 28.1. The van der Waals surface area contributed by atoms with Gasteiger partial charge in [-0.05, 0) is 70.4 Å². The number of rotatable bonds is 6. The summed E-state index contributed by atoms with van der Waals surface area (Å²) in [6.45, 7) is 1.90. The van der Waals surface area contributed by atoms with Crippen LogP contribution in [0, 0.1) is 12.8 Å². The van der Waals surface area contributed by atoms with Crippen molar-refractivity contribution in [2.24, 2.45) is 0 Å². The van der Waals surface area contributed by atoms with Crippen LogP contribution in [0.1, 0.15) is 42.5 Å². The van der Waals surface area contributed by atoms with Crippen LogP contribution in [-0.4, -0.2) is 85.8 Å². The highest BCUT2D eigenvalue weighted by Gasteiger charge is 2.38. The average molecular weight is 538 g/mol. The predicted molar refractivity (Wildman–Crippen MR) is 149 cm³/mol. The van der Waals surface area contributed by atoms with Gasteiger partial charge < -0.3 is 30.1 Å². The van der Waals surface area contributed by atoms with E-state index in [0.717, 1.165) is 45.2 Å². The van der Waals surface area contributed by atoms with Gasteiger partial charge in [0, 0.05) is 24.7 Å². The molecule has 1 unspecified atom stereocenters. The molecular weight excluding hydrogens is 501 g/mol. The number of piperidine rings is 1. The van der Waals surface area contributed by atoms with Crippen molar-refractivity contribution in [2.75, 3.05) is 56.0 Å². The number of fused-ring (bicyclic) bond motifs is 1. The lowest BCUT2D eigenvalue weighted by Gasteiger charge is -2.38. The van der Waals surface area contributed by atoms with E-state index in [1.165, 1.54) is 12.0 Å². The first-order chi connectivity index (χ1) is 18.8. The number of nitrogens with one attached hydrogen (secondary N) is 2. The number of aromatic nitrogens is 2. The van der Waals surface area contributed by atoms with Crippen LogP contribution in [0.4, 0.5) is 27.5 Å². The predicted octanol–water partition coefficient (Wildman–Crippen LogP) is 2.98. The van der Waals surface area contributed by atoms with E-state index in [1.54, 1.807) is 31.4 Å². The molecule has 208 valence electrons. The second-order valence-electron chi connectivity index (χ2n) is 10.1. The summed E-state index contributed by atoms with van der Waals surface area (Å²) < 4.78 is 20.2. The number of hydrogen-bond acceptors (Lipinski definition) is 8. The molecule has 1 aliphatic carbocycles. The molecule has 5 rings (SSSR count). The van der Waals surface area contributed by atoms with E-state index >= 15 is 0 Å². The van der Waals surface area contributed by atoms with Gasteiger partial charge in [-0.15, -0.1) is 12.8 Å². The molecule has 2 amide bonds. The van der Waals surface area contributed by atoms with Gasteiger partial charge in [-0.25, -0.2) is 9.37 Å². The number of carbonyl (C=O) groups is 2. The highest BCUT2D eigenvalue weighted by molar-refractivity contribution is 6.00. The minimum Gasteiger partial charge on any atom is -0.495 e. The summed E-state index contributed by atoms with van der Waals surface area (Å²) in [5, 5.41) is 6.29. The number of ether oxygens (including phenoxy) is 1. The molecule has 2 fully saturated rings. The van der Waals surface area contributed by atoms with Crippen LogP contribution in [0.3, 0.4) is 0 Å². The Morgan fingerprint density at radius 2 is 1.87 bits per heavy atom. The Balaban J connectivity index is 0.00000172. The molecule has 3 aliphatic rings. The number of anilines is 4. The quantitative estimate of drug-likeness (QED) is 0.543. The van der Waals surface area contributed by atoms with Gasteiger partial charge in [-0.2, -0.15) is 4.98 Å². The first-order valence-electron chi connectivity index (χ1n) is 13.2. The van der Waals surface area contributed by atoms with Crippen molar-refractivity contribution < 1.29 is 18.7 Å². The van der Waals surface area contributed by atoms with Crippen molar-refractivity contribution in [3.63, 3.8) is 0 Å². The number of alkyl halides is 1. The fourth-order valence-electron chi connectivity index (χ4n) is 5.04. The third-order valence-corrected chi connectivity index (χ3v) is 7.62. The van der Waals surface area contributed by atoms with Crippen molar-refractivity contribution >= 4 is 35.0 Å². The molecule has 0 radical (unpaired) electrons. The van der Waals surface area contributed by atoms with Crippen LogP contribution in [0.15, 0.2) is 24.4 Å². The minimum absolute atomic E-state index is 0.0261. The molecule has 2 aromatic rings. The van der Waals surface area contributed by atoms with Crippen LogP contribution >= 0.6 is 0 Å². The van der Waals surface area contributed by atoms with E-state index in [-0.39, 0.29) is 24.5 Å². The maximum absolute atomic E-state index is 14.7. The standard InChI is InChI=1S/C26H34FN7O3.C2H2/c1-32-11-9-17(10-12-32)29-24(35)16-7-8-20(22(13-16)37-3)30-26-28-14-21-23(31-26)34(18-5-4-6-18)15-19(27)25(36)33(21)2;1-2/h7-8,13-14,17-19H,4-6,9-12,15H2,1-3H3,(H,29,35)(H,28,30,31);1-2H. The summed E-state index contributed by atoms with van der Waals surface area (Å²) in [6, 6.07) is 5.49. The van der Waals surface area contributed by atoms with Crippen LogP contribution in [0.5, 0.6) is 5.75 Å². The minimum atomic E-state index is -1.62. The van der Waals surface area contributed by atoms with Gasteiger partial charge >= 0.3 is 0 Å². The van der Waals surface area contributed by atoms with E-state index in [0.29, 0.717) is 34.5 Å². The van der Waals surface area contributed by atoms with Crippen molar-refractivity contribution in [1.82, 2.24) is 20.2 Å². The number of carbonyl (C=O) groups excluding carboxylic acids is 2. The maximum atomic E-state index is 14.7. The Labute approximate surface area is 228 Å². The lowest BCUT2D eigenvalue weighted by atomic mass is 9.91. The number of benzene rings is 1. The number of hydrogen-bond donors (Lipinski definition) is 2. The Morgan fingerprint density at radius 3 is 2.51 bits per heavy atom. The van der Waals surface area contributed by atoms with Crippen LogP contribution in [0.2, 0.25) is 0 Å². The van der Waals surface area contributed by atoms with E-state index in [1.807, 2.05) is 4.90 Å². The topological polar surface area (TPSA) is 103 Å². The summed E-state index contributed by atoms with van der Waals surface area (Å²) >= 11 is 0. The fraction of sp³-hybridized carbons (Fsp3) is 0.500.